The van der Waals surface area contributed by atoms with Crippen LogP contribution < -0.4 is 5.48 Å². The molecule has 2 heteroatoms. The maximum atomic E-state index is 4.88. The van der Waals surface area contributed by atoms with Crippen molar-refractivity contribution in [3.05, 3.63) is 0 Å². The molecule has 0 radical (unpaired) electrons. The van der Waals surface area contributed by atoms with Crippen LogP contribution in [0.3, 0.4) is 0 Å². The lowest BCUT2D eigenvalue weighted by Gasteiger charge is -2.26. The first-order chi connectivity index (χ1) is 4.83. The first-order valence-corrected chi connectivity index (χ1v) is 4.11. The Labute approximate surface area is 62.9 Å². The van der Waals surface area contributed by atoms with E-state index >= 15 is 0 Å². The molecular formula is C8H17NO. The largest absolute Gasteiger partial charge is 0.305 e. The molecule has 0 aromatic carbocycles. The van der Waals surface area contributed by atoms with Gasteiger partial charge in [-0.2, -0.15) is 5.48 Å². The summed E-state index contributed by atoms with van der Waals surface area (Å²) >= 11 is 0. The average molecular weight is 143 g/mol. The Morgan fingerprint density at radius 2 is 2.20 bits per heavy atom. The Morgan fingerprint density at radius 1 is 1.40 bits per heavy atom. The van der Waals surface area contributed by atoms with E-state index in [2.05, 4.69) is 12.4 Å². The van der Waals surface area contributed by atoms with Gasteiger partial charge in [0.15, 0.2) is 0 Å². The molecule has 1 fully saturated rings. The molecule has 60 valence electrons. The first kappa shape index (κ1) is 8.02. The molecule has 1 aliphatic rings. The van der Waals surface area contributed by atoms with E-state index in [0.717, 1.165) is 5.92 Å². The number of hydrogen-bond acceptors (Lipinski definition) is 2. The Hall–Kier alpha value is -0.0800. The van der Waals surface area contributed by atoms with E-state index in [-0.39, 0.29) is 0 Å². The van der Waals surface area contributed by atoms with Crippen molar-refractivity contribution in [3.8, 4) is 0 Å². The van der Waals surface area contributed by atoms with Gasteiger partial charge in [0.1, 0.15) is 0 Å². The minimum atomic E-state index is 0.605. The summed E-state index contributed by atoms with van der Waals surface area (Å²) in [7, 11) is 1.69. The third-order valence-electron chi connectivity index (χ3n) is 2.22. The summed E-state index contributed by atoms with van der Waals surface area (Å²) in [6.45, 7) is 2.31. The molecule has 1 N–H and O–H groups in total. The zero-order chi connectivity index (χ0) is 7.40. The number of hydroxylamine groups is 1. The van der Waals surface area contributed by atoms with Gasteiger partial charge in [-0.15, -0.1) is 0 Å². The monoisotopic (exact) mass is 143 g/mol. The van der Waals surface area contributed by atoms with Crippen LogP contribution in [0, 0.1) is 5.92 Å². The molecule has 1 aliphatic carbocycles. The maximum Gasteiger partial charge on any atom is 0.0572 e. The fraction of sp³-hybridized carbons (Fsp3) is 1.00. The van der Waals surface area contributed by atoms with E-state index in [1.54, 1.807) is 7.11 Å². The smallest absolute Gasteiger partial charge is 0.0572 e. The van der Waals surface area contributed by atoms with E-state index in [9.17, 15) is 0 Å². The molecule has 0 heterocycles. The van der Waals surface area contributed by atoms with Gasteiger partial charge in [0.2, 0.25) is 0 Å². The van der Waals surface area contributed by atoms with E-state index in [4.69, 9.17) is 4.84 Å². The molecule has 2 unspecified atom stereocenters. The van der Waals surface area contributed by atoms with E-state index < -0.39 is 0 Å². The summed E-state index contributed by atoms with van der Waals surface area (Å²) in [6.07, 6.45) is 5.29. The minimum absolute atomic E-state index is 0.605. The van der Waals surface area contributed by atoms with Gasteiger partial charge in [0.25, 0.3) is 0 Å². The van der Waals surface area contributed by atoms with Crippen LogP contribution in [0.4, 0.5) is 0 Å². The molecule has 2 nitrogen and oxygen atoms in total. The molecule has 0 saturated heterocycles. The molecule has 0 aromatic rings. The van der Waals surface area contributed by atoms with Crippen molar-refractivity contribution in [2.75, 3.05) is 7.11 Å². The van der Waals surface area contributed by atoms with Crippen LogP contribution in [-0.4, -0.2) is 13.2 Å². The Bertz CT molecular complexity index is 93.3. The summed E-state index contributed by atoms with van der Waals surface area (Å²) in [5, 5.41) is 0. The van der Waals surface area contributed by atoms with Crippen LogP contribution in [0.25, 0.3) is 0 Å². The van der Waals surface area contributed by atoms with Crippen molar-refractivity contribution < 1.29 is 4.84 Å². The lowest BCUT2D eigenvalue weighted by Crippen LogP contribution is -2.32. The standard InChI is InChI=1S/C8H17NO/c1-7-4-3-5-8(6-7)9-10-2/h7-9H,3-6H2,1-2H3. The molecule has 0 aromatic heterocycles. The summed E-state index contributed by atoms with van der Waals surface area (Å²) in [4.78, 5) is 4.88. The summed E-state index contributed by atoms with van der Waals surface area (Å²) < 4.78 is 0. The molecule has 10 heavy (non-hydrogen) atoms. The van der Waals surface area contributed by atoms with Gasteiger partial charge in [0, 0.05) is 6.04 Å². The molecule has 2 atom stereocenters. The Balaban J connectivity index is 2.18. The van der Waals surface area contributed by atoms with Gasteiger partial charge in [-0.3, -0.25) is 0 Å². The van der Waals surface area contributed by atoms with Crippen LogP contribution in [0.5, 0.6) is 0 Å². The third-order valence-corrected chi connectivity index (χ3v) is 2.22. The van der Waals surface area contributed by atoms with Crippen molar-refractivity contribution in [2.24, 2.45) is 5.92 Å². The minimum Gasteiger partial charge on any atom is -0.305 e. The lowest BCUT2D eigenvalue weighted by molar-refractivity contribution is 0.0420. The lowest BCUT2D eigenvalue weighted by atomic mass is 9.87. The van der Waals surface area contributed by atoms with Gasteiger partial charge in [-0.25, -0.2) is 0 Å². The van der Waals surface area contributed by atoms with Crippen LogP contribution in [-0.2, 0) is 4.84 Å². The SMILES string of the molecule is CONC1CCCC(C)C1. The fourth-order valence-electron chi connectivity index (χ4n) is 1.71. The molecular weight excluding hydrogens is 126 g/mol. The van der Waals surface area contributed by atoms with Crippen LogP contribution in [0.1, 0.15) is 32.6 Å². The summed E-state index contributed by atoms with van der Waals surface area (Å²) in [5.74, 6) is 0.876. The second-order valence-corrected chi connectivity index (χ2v) is 3.29. The molecule has 1 saturated carbocycles. The van der Waals surface area contributed by atoms with Crippen molar-refractivity contribution in [1.82, 2.24) is 5.48 Å². The normalized spacial score (nSPS) is 34.2. The molecule has 0 spiro atoms. The van der Waals surface area contributed by atoms with Crippen molar-refractivity contribution in [1.29, 1.82) is 0 Å². The number of hydrogen-bond donors (Lipinski definition) is 1. The summed E-state index contributed by atoms with van der Waals surface area (Å²) in [5.41, 5.74) is 3.01. The summed E-state index contributed by atoms with van der Waals surface area (Å²) in [6, 6.07) is 0.605. The highest BCUT2D eigenvalue weighted by Gasteiger charge is 2.17. The molecule has 0 bridgehead atoms. The topological polar surface area (TPSA) is 21.3 Å². The zero-order valence-electron chi connectivity index (χ0n) is 6.89. The fourth-order valence-corrected chi connectivity index (χ4v) is 1.71. The van der Waals surface area contributed by atoms with Crippen molar-refractivity contribution in [3.63, 3.8) is 0 Å². The highest BCUT2D eigenvalue weighted by molar-refractivity contribution is 4.72. The van der Waals surface area contributed by atoms with Gasteiger partial charge in [0.05, 0.1) is 7.11 Å². The predicted octanol–water partition coefficient (Wildman–Crippen LogP) is 1.72. The van der Waals surface area contributed by atoms with Crippen LogP contribution >= 0.6 is 0 Å². The second-order valence-electron chi connectivity index (χ2n) is 3.29. The van der Waals surface area contributed by atoms with E-state index in [1.165, 1.54) is 25.7 Å². The van der Waals surface area contributed by atoms with Crippen LogP contribution in [0.15, 0.2) is 0 Å². The highest BCUT2D eigenvalue weighted by atomic mass is 16.6. The van der Waals surface area contributed by atoms with Gasteiger partial charge < -0.3 is 4.84 Å². The highest BCUT2D eigenvalue weighted by Crippen LogP contribution is 2.23. The second kappa shape index (κ2) is 3.94. The third kappa shape index (κ3) is 2.27. The first-order valence-electron chi connectivity index (χ1n) is 4.11. The van der Waals surface area contributed by atoms with Gasteiger partial charge in [-0.1, -0.05) is 19.8 Å². The Morgan fingerprint density at radius 3 is 2.80 bits per heavy atom. The maximum absolute atomic E-state index is 4.88. The Kier molecular flexibility index (Phi) is 3.16. The average Bonchev–Trinajstić information content (AvgIpc) is 1.88. The molecule has 0 aliphatic heterocycles. The number of rotatable bonds is 2. The van der Waals surface area contributed by atoms with Crippen molar-refractivity contribution in [2.45, 2.75) is 38.6 Å². The van der Waals surface area contributed by atoms with Crippen molar-refractivity contribution >= 4 is 0 Å². The van der Waals surface area contributed by atoms with Gasteiger partial charge in [-0.05, 0) is 18.8 Å². The van der Waals surface area contributed by atoms with E-state index in [1.807, 2.05) is 0 Å². The number of nitrogens with one attached hydrogen (secondary N) is 1. The van der Waals surface area contributed by atoms with Gasteiger partial charge >= 0.3 is 0 Å². The van der Waals surface area contributed by atoms with E-state index in [0.29, 0.717) is 6.04 Å². The molecule has 0 amide bonds. The van der Waals surface area contributed by atoms with Crippen LogP contribution in [0.2, 0.25) is 0 Å². The zero-order valence-corrected chi connectivity index (χ0v) is 6.89. The predicted molar refractivity (Wildman–Crippen MR) is 41.6 cm³/mol. The molecule has 1 rings (SSSR count). The quantitative estimate of drug-likeness (QED) is 0.594.